The Morgan fingerprint density at radius 3 is 2.62 bits per heavy atom. The Balaban J connectivity index is 2.63. The van der Waals surface area contributed by atoms with Crippen LogP contribution in [0.1, 0.15) is 12.8 Å². The SMILES string of the molecule is CN1CCC(C(C(N)CC(=O)O)N(C)C)C1. The van der Waals surface area contributed by atoms with Crippen LogP contribution >= 0.6 is 0 Å². The average molecular weight is 229 g/mol. The van der Waals surface area contributed by atoms with Crippen LogP contribution in [0.2, 0.25) is 0 Å². The summed E-state index contributed by atoms with van der Waals surface area (Å²) in [5.41, 5.74) is 6.00. The van der Waals surface area contributed by atoms with E-state index >= 15 is 0 Å². The number of aliphatic carboxylic acids is 1. The van der Waals surface area contributed by atoms with Gasteiger partial charge in [-0.3, -0.25) is 4.79 Å². The number of hydrogen-bond acceptors (Lipinski definition) is 4. The second kappa shape index (κ2) is 5.61. The minimum absolute atomic E-state index is 0.0447. The Hall–Kier alpha value is -0.650. The summed E-state index contributed by atoms with van der Waals surface area (Å²) in [6.45, 7) is 2.09. The van der Waals surface area contributed by atoms with Gasteiger partial charge in [0.25, 0.3) is 0 Å². The number of nitrogens with zero attached hydrogens (tertiary/aromatic N) is 2. The van der Waals surface area contributed by atoms with Gasteiger partial charge in [-0.05, 0) is 40.0 Å². The molecule has 0 amide bonds. The lowest BCUT2D eigenvalue weighted by Crippen LogP contribution is -2.50. The fourth-order valence-corrected chi connectivity index (χ4v) is 2.72. The molecule has 3 atom stereocenters. The van der Waals surface area contributed by atoms with Crippen molar-refractivity contribution in [2.75, 3.05) is 34.2 Å². The minimum atomic E-state index is -0.814. The van der Waals surface area contributed by atoms with Crippen molar-refractivity contribution in [3.05, 3.63) is 0 Å². The molecule has 0 aromatic carbocycles. The van der Waals surface area contributed by atoms with Gasteiger partial charge >= 0.3 is 5.97 Å². The number of carboxylic acids is 1. The third-order valence-electron chi connectivity index (χ3n) is 3.36. The lowest BCUT2D eigenvalue weighted by molar-refractivity contribution is -0.137. The van der Waals surface area contributed by atoms with Crippen molar-refractivity contribution < 1.29 is 9.90 Å². The first kappa shape index (κ1) is 13.4. The Kier molecular flexibility index (Phi) is 4.70. The minimum Gasteiger partial charge on any atom is -0.481 e. The fourth-order valence-electron chi connectivity index (χ4n) is 2.72. The van der Waals surface area contributed by atoms with E-state index < -0.39 is 5.97 Å². The Labute approximate surface area is 97.2 Å². The van der Waals surface area contributed by atoms with Gasteiger partial charge in [-0.2, -0.15) is 0 Å². The van der Waals surface area contributed by atoms with Crippen molar-refractivity contribution in [3.8, 4) is 0 Å². The highest BCUT2D eigenvalue weighted by atomic mass is 16.4. The van der Waals surface area contributed by atoms with Gasteiger partial charge in [0.15, 0.2) is 0 Å². The molecule has 1 aliphatic heterocycles. The first-order chi connectivity index (χ1) is 7.41. The van der Waals surface area contributed by atoms with Gasteiger partial charge in [0.05, 0.1) is 6.42 Å². The largest absolute Gasteiger partial charge is 0.481 e. The number of hydrogen-bond donors (Lipinski definition) is 2. The molecule has 1 rings (SSSR count). The first-order valence-corrected chi connectivity index (χ1v) is 5.74. The van der Waals surface area contributed by atoms with E-state index in [-0.39, 0.29) is 18.5 Å². The monoisotopic (exact) mass is 229 g/mol. The van der Waals surface area contributed by atoms with Crippen LogP contribution in [0.15, 0.2) is 0 Å². The molecule has 0 aromatic heterocycles. The van der Waals surface area contributed by atoms with E-state index in [0.717, 1.165) is 19.5 Å². The third kappa shape index (κ3) is 3.43. The molecular formula is C11H23N3O2. The zero-order chi connectivity index (χ0) is 12.3. The van der Waals surface area contributed by atoms with Crippen molar-refractivity contribution in [2.45, 2.75) is 24.9 Å². The van der Waals surface area contributed by atoms with Crippen LogP contribution in [0.4, 0.5) is 0 Å². The maximum atomic E-state index is 10.7. The zero-order valence-corrected chi connectivity index (χ0v) is 10.4. The maximum absolute atomic E-state index is 10.7. The summed E-state index contributed by atoms with van der Waals surface area (Å²) in [5.74, 6) is -0.333. The molecule has 0 saturated carbocycles. The lowest BCUT2D eigenvalue weighted by Gasteiger charge is -2.34. The van der Waals surface area contributed by atoms with Crippen molar-refractivity contribution in [2.24, 2.45) is 11.7 Å². The van der Waals surface area contributed by atoms with Gasteiger partial charge in [0, 0.05) is 18.6 Å². The van der Waals surface area contributed by atoms with Gasteiger partial charge < -0.3 is 20.6 Å². The summed E-state index contributed by atoms with van der Waals surface area (Å²) < 4.78 is 0. The highest BCUT2D eigenvalue weighted by molar-refractivity contribution is 5.67. The number of likely N-dealkylation sites (tertiary alicyclic amines) is 1. The molecule has 0 bridgehead atoms. The number of rotatable bonds is 5. The normalized spacial score (nSPS) is 25.9. The Morgan fingerprint density at radius 2 is 2.25 bits per heavy atom. The molecule has 3 N–H and O–H groups in total. The molecule has 94 valence electrons. The van der Waals surface area contributed by atoms with Crippen LogP contribution in [-0.2, 0) is 4.79 Å². The van der Waals surface area contributed by atoms with Crippen molar-refractivity contribution in [1.29, 1.82) is 0 Å². The smallest absolute Gasteiger partial charge is 0.304 e. The van der Waals surface area contributed by atoms with Crippen LogP contribution < -0.4 is 5.73 Å². The van der Waals surface area contributed by atoms with E-state index in [0.29, 0.717) is 5.92 Å². The molecule has 1 saturated heterocycles. The fraction of sp³-hybridized carbons (Fsp3) is 0.909. The molecule has 3 unspecified atom stereocenters. The second-order valence-corrected chi connectivity index (χ2v) is 5.03. The van der Waals surface area contributed by atoms with Crippen LogP contribution in [0, 0.1) is 5.92 Å². The summed E-state index contributed by atoms with van der Waals surface area (Å²) in [6, 6.07) is -0.134. The number of nitrogens with two attached hydrogens (primary N) is 1. The Bertz CT molecular complexity index is 245. The highest BCUT2D eigenvalue weighted by Crippen LogP contribution is 2.23. The summed E-state index contributed by atoms with van der Waals surface area (Å²) in [5, 5.41) is 8.80. The second-order valence-electron chi connectivity index (χ2n) is 5.03. The van der Waals surface area contributed by atoms with E-state index in [2.05, 4.69) is 16.8 Å². The summed E-state index contributed by atoms with van der Waals surface area (Å²) in [7, 11) is 6.05. The zero-order valence-electron chi connectivity index (χ0n) is 10.4. The van der Waals surface area contributed by atoms with E-state index in [1.54, 1.807) is 0 Å². The van der Waals surface area contributed by atoms with E-state index in [1.807, 2.05) is 14.1 Å². The standard InChI is InChI=1S/C11H23N3O2/c1-13(2)11(9(12)6-10(15)16)8-4-5-14(3)7-8/h8-9,11H,4-7,12H2,1-3H3,(H,15,16). The van der Waals surface area contributed by atoms with Crippen molar-refractivity contribution in [1.82, 2.24) is 9.80 Å². The molecule has 0 aliphatic carbocycles. The van der Waals surface area contributed by atoms with Crippen LogP contribution in [0.25, 0.3) is 0 Å². The van der Waals surface area contributed by atoms with Gasteiger partial charge in [-0.1, -0.05) is 0 Å². The molecule has 1 aliphatic rings. The highest BCUT2D eigenvalue weighted by Gasteiger charge is 2.33. The average Bonchev–Trinajstić information content (AvgIpc) is 2.49. The van der Waals surface area contributed by atoms with Crippen molar-refractivity contribution >= 4 is 5.97 Å². The molecule has 0 spiro atoms. The lowest BCUT2D eigenvalue weighted by atomic mass is 9.90. The van der Waals surface area contributed by atoms with E-state index in [4.69, 9.17) is 10.8 Å². The van der Waals surface area contributed by atoms with Gasteiger partial charge in [-0.25, -0.2) is 0 Å². The molecule has 5 heteroatoms. The van der Waals surface area contributed by atoms with E-state index in [9.17, 15) is 4.79 Å². The molecule has 5 nitrogen and oxygen atoms in total. The summed E-state index contributed by atoms with van der Waals surface area (Å²) in [4.78, 5) is 15.0. The maximum Gasteiger partial charge on any atom is 0.304 e. The van der Waals surface area contributed by atoms with Crippen molar-refractivity contribution in [3.63, 3.8) is 0 Å². The molecule has 16 heavy (non-hydrogen) atoms. The van der Waals surface area contributed by atoms with Crippen LogP contribution in [0.5, 0.6) is 0 Å². The number of carbonyl (C=O) groups is 1. The predicted molar refractivity (Wildman–Crippen MR) is 63.3 cm³/mol. The molecule has 0 aromatic rings. The molecule has 1 fully saturated rings. The number of likely N-dealkylation sites (N-methyl/N-ethyl adjacent to an activating group) is 1. The van der Waals surface area contributed by atoms with Crippen LogP contribution in [-0.4, -0.2) is 67.2 Å². The summed E-state index contributed by atoms with van der Waals surface area (Å²) in [6.07, 6.45) is 1.15. The molecule has 1 heterocycles. The van der Waals surface area contributed by atoms with Gasteiger partial charge in [0.1, 0.15) is 0 Å². The number of carboxylic acid groups (broad SMARTS) is 1. The first-order valence-electron chi connectivity index (χ1n) is 5.74. The van der Waals surface area contributed by atoms with E-state index in [1.165, 1.54) is 0 Å². The quantitative estimate of drug-likeness (QED) is 0.675. The molecule has 0 radical (unpaired) electrons. The van der Waals surface area contributed by atoms with Gasteiger partial charge in [-0.15, -0.1) is 0 Å². The molecular weight excluding hydrogens is 206 g/mol. The predicted octanol–water partition coefficient (Wildman–Crippen LogP) is -0.330. The Morgan fingerprint density at radius 1 is 1.62 bits per heavy atom. The third-order valence-corrected chi connectivity index (χ3v) is 3.36. The topological polar surface area (TPSA) is 69.8 Å². The van der Waals surface area contributed by atoms with Gasteiger partial charge in [0.2, 0.25) is 0 Å². The summed E-state index contributed by atoms with van der Waals surface area (Å²) >= 11 is 0. The van der Waals surface area contributed by atoms with Crippen LogP contribution in [0.3, 0.4) is 0 Å².